The number of nitrogens with one attached hydrogen (secondary N) is 2. The second-order valence-electron chi connectivity index (χ2n) is 11.0. The van der Waals surface area contributed by atoms with Gasteiger partial charge in [0.15, 0.2) is 0 Å². The Morgan fingerprint density at radius 3 is 1.55 bits per heavy atom. The van der Waals surface area contributed by atoms with Crippen LogP contribution in [0.4, 0.5) is 11.4 Å². The van der Waals surface area contributed by atoms with Gasteiger partial charge in [0.2, 0.25) is 0 Å². The molecule has 0 radical (unpaired) electrons. The average molecular weight is 553 g/mol. The molecule has 2 N–H and O–H groups in total. The lowest BCUT2D eigenvalue weighted by Gasteiger charge is -2.22. The molecule has 0 bridgehead atoms. The number of halogens is 1. The highest BCUT2D eigenvalue weighted by Crippen LogP contribution is 2.34. The minimum atomic E-state index is 0. The summed E-state index contributed by atoms with van der Waals surface area (Å²) in [6.45, 7) is 1.76. The SMILES string of the molecule is Cl.c1ccc2c(NCCc3cocc3CCNc3c4c(nc5ccccc35)CCCC4)c3c(nc2c1)CCCC3. The largest absolute Gasteiger partial charge is 0.472 e. The molecule has 5 aromatic rings. The fourth-order valence-electron chi connectivity index (χ4n) is 6.58. The van der Waals surface area contributed by atoms with Gasteiger partial charge in [0.1, 0.15) is 0 Å². The molecule has 3 heterocycles. The maximum Gasteiger partial charge on any atom is 0.0938 e. The van der Waals surface area contributed by atoms with E-state index in [2.05, 4.69) is 59.2 Å². The summed E-state index contributed by atoms with van der Waals surface area (Å²) in [5.41, 5.74) is 12.8. The lowest BCUT2D eigenvalue weighted by atomic mass is 9.92. The summed E-state index contributed by atoms with van der Waals surface area (Å²) >= 11 is 0. The Labute approximate surface area is 242 Å². The third kappa shape index (κ3) is 5.15. The van der Waals surface area contributed by atoms with Crippen LogP contribution >= 0.6 is 12.4 Å². The molecule has 0 spiro atoms. The summed E-state index contributed by atoms with van der Waals surface area (Å²) in [6.07, 6.45) is 15.1. The first-order valence-corrected chi connectivity index (χ1v) is 14.7. The van der Waals surface area contributed by atoms with E-state index in [0.29, 0.717) is 0 Å². The van der Waals surface area contributed by atoms with Gasteiger partial charge in [-0.05, 0) is 98.6 Å². The number of pyridine rings is 2. The number of hydrogen-bond donors (Lipinski definition) is 2. The van der Waals surface area contributed by atoms with Crippen molar-refractivity contribution in [2.75, 3.05) is 23.7 Å². The molecule has 3 aromatic heterocycles. The van der Waals surface area contributed by atoms with Crippen LogP contribution in [0.3, 0.4) is 0 Å². The van der Waals surface area contributed by atoms with Gasteiger partial charge in [-0.25, -0.2) is 0 Å². The number of fused-ring (bicyclic) bond motifs is 4. The zero-order valence-electron chi connectivity index (χ0n) is 23.0. The van der Waals surface area contributed by atoms with Gasteiger partial charge in [0.25, 0.3) is 0 Å². The van der Waals surface area contributed by atoms with Crippen molar-refractivity contribution in [2.24, 2.45) is 0 Å². The minimum absolute atomic E-state index is 0. The van der Waals surface area contributed by atoms with Crippen LogP contribution in [-0.4, -0.2) is 23.1 Å². The molecule has 40 heavy (non-hydrogen) atoms. The number of para-hydroxylation sites is 2. The van der Waals surface area contributed by atoms with E-state index in [0.717, 1.165) is 62.6 Å². The lowest BCUT2D eigenvalue weighted by molar-refractivity contribution is 0.561. The fourth-order valence-corrected chi connectivity index (χ4v) is 6.58. The first-order valence-electron chi connectivity index (χ1n) is 14.7. The van der Waals surface area contributed by atoms with Crippen molar-refractivity contribution in [1.29, 1.82) is 0 Å². The molecule has 7 rings (SSSR count). The molecule has 2 aliphatic carbocycles. The van der Waals surface area contributed by atoms with Gasteiger partial charge in [0, 0.05) is 46.6 Å². The van der Waals surface area contributed by atoms with Gasteiger partial charge in [-0.15, -0.1) is 12.4 Å². The third-order valence-electron chi connectivity index (χ3n) is 8.56. The monoisotopic (exact) mass is 552 g/mol. The fraction of sp³-hybridized carbons (Fsp3) is 0.353. The zero-order chi connectivity index (χ0) is 26.0. The van der Waals surface area contributed by atoms with Gasteiger partial charge in [-0.1, -0.05) is 36.4 Å². The topological polar surface area (TPSA) is 63.0 Å². The summed E-state index contributed by atoms with van der Waals surface area (Å²) in [7, 11) is 0. The van der Waals surface area contributed by atoms with Crippen LogP contribution in [0.2, 0.25) is 0 Å². The quantitative estimate of drug-likeness (QED) is 0.205. The Hall–Kier alpha value is -3.57. The molecule has 5 nitrogen and oxygen atoms in total. The summed E-state index contributed by atoms with van der Waals surface area (Å²) in [6, 6.07) is 17.1. The van der Waals surface area contributed by atoms with Crippen molar-refractivity contribution in [3.8, 4) is 0 Å². The standard InChI is InChI=1S/C34H36N4O.ClH/c1-5-13-29-25(9-1)33(26-10-2-6-14-30(26)37-29)35-19-17-23-21-39-22-24(23)18-20-36-34-27-11-3-7-15-31(27)38-32-16-8-4-12-28(32)34;/h1,3,5,7,9,11,13,15,21-22H,2,4,6,8,10,12,14,16-20H2,(H,35,37)(H,36,38);1H. The highest BCUT2D eigenvalue weighted by Gasteiger charge is 2.19. The zero-order valence-corrected chi connectivity index (χ0v) is 23.8. The van der Waals surface area contributed by atoms with Crippen LogP contribution < -0.4 is 10.6 Å². The molecule has 206 valence electrons. The van der Waals surface area contributed by atoms with E-state index in [1.807, 2.05) is 12.5 Å². The average Bonchev–Trinajstić information content (AvgIpc) is 3.43. The Morgan fingerprint density at radius 2 is 1.05 bits per heavy atom. The van der Waals surface area contributed by atoms with Crippen molar-refractivity contribution < 1.29 is 4.42 Å². The van der Waals surface area contributed by atoms with Crippen molar-refractivity contribution in [3.63, 3.8) is 0 Å². The van der Waals surface area contributed by atoms with E-state index in [-0.39, 0.29) is 12.4 Å². The number of aryl methyl sites for hydroxylation is 2. The van der Waals surface area contributed by atoms with E-state index >= 15 is 0 Å². The summed E-state index contributed by atoms with van der Waals surface area (Å²) in [4.78, 5) is 9.97. The molecule has 0 saturated carbocycles. The van der Waals surface area contributed by atoms with Crippen LogP contribution in [0.25, 0.3) is 21.8 Å². The van der Waals surface area contributed by atoms with Crippen molar-refractivity contribution in [3.05, 3.63) is 94.7 Å². The Bertz CT molecular complexity index is 1520. The molecule has 0 aliphatic heterocycles. The van der Waals surface area contributed by atoms with E-state index in [9.17, 15) is 0 Å². The van der Waals surface area contributed by atoms with Gasteiger partial charge in [0.05, 0.1) is 23.6 Å². The number of nitrogens with zero attached hydrogens (tertiary/aromatic N) is 2. The van der Waals surface area contributed by atoms with Crippen LogP contribution in [0.15, 0.2) is 65.5 Å². The smallest absolute Gasteiger partial charge is 0.0938 e. The number of anilines is 2. The number of furan rings is 1. The molecule has 0 amide bonds. The lowest BCUT2D eigenvalue weighted by Crippen LogP contribution is -2.14. The van der Waals surface area contributed by atoms with Crippen LogP contribution in [0.5, 0.6) is 0 Å². The molecule has 0 saturated heterocycles. The molecular weight excluding hydrogens is 516 g/mol. The Morgan fingerprint density at radius 1 is 0.600 bits per heavy atom. The molecule has 2 aliphatic rings. The number of hydrogen-bond acceptors (Lipinski definition) is 5. The van der Waals surface area contributed by atoms with Gasteiger partial charge in [-0.3, -0.25) is 9.97 Å². The van der Waals surface area contributed by atoms with Gasteiger partial charge >= 0.3 is 0 Å². The molecule has 6 heteroatoms. The normalized spacial score (nSPS) is 14.4. The van der Waals surface area contributed by atoms with E-state index < -0.39 is 0 Å². The summed E-state index contributed by atoms with van der Waals surface area (Å²) in [5, 5.41) is 10.1. The highest BCUT2D eigenvalue weighted by atomic mass is 35.5. The molecule has 0 unspecified atom stereocenters. The molecule has 0 atom stereocenters. The van der Waals surface area contributed by atoms with Crippen molar-refractivity contribution >= 4 is 45.6 Å². The van der Waals surface area contributed by atoms with E-state index in [1.165, 1.54) is 81.5 Å². The number of rotatable bonds is 8. The van der Waals surface area contributed by atoms with Crippen LogP contribution in [0.1, 0.15) is 59.3 Å². The van der Waals surface area contributed by atoms with E-state index in [1.54, 1.807) is 0 Å². The Balaban J connectivity index is 0.00000289. The van der Waals surface area contributed by atoms with Crippen molar-refractivity contribution in [1.82, 2.24) is 9.97 Å². The first kappa shape index (κ1) is 26.6. The second kappa shape index (κ2) is 11.9. The minimum Gasteiger partial charge on any atom is -0.472 e. The predicted molar refractivity (Wildman–Crippen MR) is 167 cm³/mol. The molecule has 0 fully saturated rings. The maximum absolute atomic E-state index is 5.70. The van der Waals surface area contributed by atoms with Crippen molar-refractivity contribution in [2.45, 2.75) is 64.2 Å². The van der Waals surface area contributed by atoms with Crippen LogP contribution in [-0.2, 0) is 38.5 Å². The molecule has 2 aromatic carbocycles. The summed E-state index contributed by atoms with van der Waals surface area (Å²) < 4.78 is 5.70. The Kier molecular flexibility index (Phi) is 7.92. The van der Waals surface area contributed by atoms with E-state index in [4.69, 9.17) is 14.4 Å². The third-order valence-corrected chi connectivity index (χ3v) is 8.56. The highest BCUT2D eigenvalue weighted by molar-refractivity contribution is 5.94. The molecular formula is C34H37ClN4O. The first-order chi connectivity index (χ1) is 19.3. The number of benzene rings is 2. The van der Waals surface area contributed by atoms with Gasteiger partial charge in [-0.2, -0.15) is 0 Å². The predicted octanol–water partition coefficient (Wildman–Crippen LogP) is 7.86. The van der Waals surface area contributed by atoms with Crippen LogP contribution in [0, 0.1) is 0 Å². The maximum atomic E-state index is 5.70. The second-order valence-corrected chi connectivity index (χ2v) is 11.0. The summed E-state index contributed by atoms with van der Waals surface area (Å²) in [5.74, 6) is 0. The van der Waals surface area contributed by atoms with Gasteiger partial charge < -0.3 is 15.1 Å². The number of aromatic nitrogens is 2.